The number of hydrogen-bond donors (Lipinski definition) is 4. The Morgan fingerprint density at radius 2 is 1.57 bits per heavy atom. The van der Waals surface area contributed by atoms with Crippen LogP contribution in [-0.2, 0) is 14.8 Å². The smallest absolute Gasteiger partial charge is 0.414 e. The van der Waals surface area contributed by atoms with Crippen molar-refractivity contribution in [3.8, 4) is 11.3 Å². The van der Waals surface area contributed by atoms with E-state index in [2.05, 4.69) is 30.9 Å². The van der Waals surface area contributed by atoms with E-state index in [9.17, 15) is 18.0 Å². The van der Waals surface area contributed by atoms with E-state index in [0.717, 1.165) is 3.97 Å². The summed E-state index contributed by atoms with van der Waals surface area (Å²) in [5, 5.41) is 9.20. The number of aromatic nitrogens is 4. The van der Waals surface area contributed by atoms with E-state index in [1.807, 2.05) is 0 Å². The molecule has 0 atom stereocenters. The highest BCUT2D eigenvalue weighted by atomic mass is 32.2. The van der Waals surface area contributed by atoms with Crippen molar-refractivity contribution in [2.45, 2.75) is 31.3 Å². The predicted molar refractivity (Wildman–Crippen MR) is 188 cm³/mol. The number of nitrogen functional groups attached to an aromatic ring is 1. The lowest BCUT2D eigenvalue weighted by Crippen LogP contribution is -2.27. The molecule has 2 amide bonds. The number of anilines is 5. The quantitative estimate of drug-likeness (QED) is 0.127. The summed E-state index contributed by atoms with van der Waals surface area (Å²) in [6.45, 7) is 5.21. The Kier molecular flexibility index (Phi) is 8.72. The van der Waals surface area contributed by atoms with Crippen LogP contribution >= 0.6 is 0 Å². The minimum absolute atomic E-state index is 0.0496. The lowest BCUT2D eigenvalue weighted by atomic mass is 10.1. The molecule has 5 N–H and O–H groups in total. The fourth-order valence-corrected chi connectivity index (χ4v) is 6.14. The second kappa shape index (κ2) is 13.1. The van der Waals surface area contributed by atoms with E-state index >= 15 is 0 Å². The second-order valence-corrected chi connectivity index (χ2v) is 13.8. The Labute approximate surface area is 282 Å². The van der Waals surface area contributed by atoms with Gasteiger partial charge in [0.2, 0.25) is 5.95 Å². The number of hydrogen-bond acceptors (Lipinski definition) is 10. The minimum Gasteiger partial charge on any atom is -0.444 e. The van der Waals surface area contributed by atoms with Gasteiger partial charge in [-0.15, -0.1) is 0 Å². The van der Waals surface area contributed by atoms with Crippen molar-refractivity contribution in [1.29, 1.82) is 0 Å². The Balaban J connectivity index is 1.32. The maximum atomic E-state index is 13.3. The summed E-state index contributed by atoms with van der Waals surface area (Å²) in [7, 11) is -3.88. The van der Waals surface area contributed by atoms with Gasteiger partial charge < -0.3 is 21.1 Å². The largest absolute Gasteiger partial charge is 0.444 e. The lowest BCUT2D eigenvalue weighted by molar-refractivity contribution is 0.0634. The van der Waals surface area contributed by atoms with Gasteiger partial charge in [0.05, 0.1) is 10.6 Å². The molecule has 0 fully saturated rings. The molecule has 0 aliphatic heterocycles. The number of carbonyl (C=O) groups excluding carboxylic acids is 2. The number of ether oxygens (including phenoxy) is 1. The van der Waals surface area contributed by atoms with Crippen LogP contribution in [0.5, 0.6) is 0 Å². The van der Waals surface area contributed by atoms with E-state index in [0.29, 0.717) is 45.1 Å². The normalized spacial score (nSPS) is 11.6. The zero-order chi connectivity index (χ0) is 34.8. The van der Waals surface area contributed by atoms with Crippen molar-refractivity contribution in [3.63, 3.8) is 0 Å². The number of fused-ring (bicyclic) bond motifs is 1. The van der Waals surface area contributed by atoms with Crippen LogP contribution in [0.1, 0.15) is 31.1 Å². The van der Waals surface area contributed by atoms with Crippen molar-refractivity contribution in [2.75, 3.05) is 21.7 Å². The SMILES string of the molecule is CC(C)(C)OC(=O)Nc1nc(Nc2cccc(NC(=O)c3ccc(N)cc3)c2)cc(-c2cnc3c(ccn3S(=O)(=O)c3ccccc3)c2)n1. The van der Waals surface area contributed by atoms with Gasteiger partial charge in [0, 0.05) is 52.0 Å². The van der Waals surface area contributed by atoms with E-state index in [1.54, 1.807) is 106 Å². The highest BCUT2D eigenvalue weighted by Crippen LogP contribution is 2.29. The Morgan fingerprint density at radius 3 is 2.31 bits per heavy atom. The number of rotatable bonds is 8. The molecular weight excluding hydrogens is 645 g/mol. The molecule has 14 heteroatoms. The van der Waals surface area contributed by atoms with Gasteiger partial charge >= 0.3 is 6.09 Å². The summed E-state index contributed by atoms with van der Waals surface area (Å²) in [4.78, 5) is 39.0. The van der Waals surface area contributed by atoms with Crippen molar-refractivity contribution < 1.29 is 22.7 Å². The first kappa shape index (κ1) is 32.7. The van der Waals surface area contributed by atoms with Gasteiger partial charge in [0.25, 0.3) is 15.9 Å². The molecule has 0 spiro atoms. The van der Waals surface area contributed by atoms with E-state index in [1.165, 1.54) is 24.5 Å². The third kappa shape index (κ3) is 7.66. The molecule has 248 valence electrons. The minimum atomic E-state index is -3.88. The summed E-state index contributed by atoms with van der Waals surface area (Å²) in [5.41, 5.74) is 8.24. The topological polar surface area (TPSA) is 183 Å². The molecule has 0 radical (unpaired) electrons. The molecule has 3 aromatic carbocycles. The number of benzene rings is 3. The van der Waals surface area contributed by atoms with Gasteiger partial charge in [-0.3, -0.25) is 10.1 Å². The van der Waals surface area contributed by atoms with Crippen LogP contribution in [0.15, 0.2) is 114 Å². The average Bonchev–Trinajstić information content (AvgIpc) is 3.49. The van der Waals surface area contributed by atoms with Gasteiger partial charge in [-0.2, -0.15) is 4.98 Å². The van der Waals surface area contributed by atoms with Crippen LogP contribution in [0, 0.1) is 0 Å². The summed E-state index contributed by atoms with van der Waals surface area (Å²) in [6, 6.07) is 26.7. The Bertz CT molecular complexity index is 2280. The maximum Gasteiger partial charge on any atom is 0.414 e. The molecule has 0 aliphatic carbocycles. The van der Waals surface area contributed by atoms with E-state index in [4.69, 9.17) is 10.5 Å². The second-order valence-electron chi connectivity index (χ2n) is 11.9. The van der Waals surface area contributed by atoms with Crippen LogP contribution in [0.3, 0.4) is 0 Å². The zero-order valence-corrected chi connectivity index (χ0v) is 27.5. The fourth-order valence-electron chi connectivity index (χ4n) is 4.81. The molecule has 0 bridgehead atoms. The van der Waals surface area contributed by atoms with Gasteiger partial charge in [-0.05, 0) is 87.5 Å². The molecule has 6 aromatic rings. The summed E-state index contributed by atoms with van der Waals surface area (Å²) in [5.74, 6) is -0.0487. The molecule has 0 saturated heterocycles. The standard InChI is InChI=1S/C35H32N8O5S/c1-35(2,3)48-34(45)42-33-40-29(24-18-23-16-17-43(31(23)37-21-24)49(46,47)28-10-5-4-6-11-28)20-30(41-33)38-26-8-7-9-27(19-26)39-32(44)22-12-14-25(36)15-13-22/h4-21H,36H2,1-3H3,(H,39,44)(H2,38,40,41,42,45). The number of nitrogens with two attached hydrogens (primary N) is 1. The van der Waals surface area contributed by atoms with E-state index < -0.39 is 21.7 Å². The first-order valence-corrected chi connectivity index (χ1v) is 16.5. The van der Waals surface area contributed by atoms with Crippen LogP contribution in [0.25, 0.3) is 22.3 Å². The van der Waals surface area contributed by atoms with Crippen LogP contribution in [-0.4, -0.2) is 44.9 Å². The molecule has 3 heterocycles. The highest BCUT2D eigenvalue weighted by molar-refractivity contribution is 7.90. The molecule has 3 aromatic heterocycles. The summed E-state index contributed by atoms with van der Waals surface area (Å²) >= 11 is 0. The molecular formula is C35H32N8O5S. The molecule has 0 saturated carbocycles. The monoisotopic (exact) mass is 676 g/mol. The number of amides is 2. The maximum absolute atomic E-state index is 13.3. The third-order valence-electron chi connectivity index (χ3n) is 6.99. The first-order chi connectivity index (χ1) is 23.3. The van der Waals surface area contributed by atoms with E-state index in [-0.39, 0.29) is 22.4 Å². The summed E-state index contributed by atoms with van der Waals surface area (Å²) < 4.78 is 33.1. The Hall–Kier alpha value is -6.28. The van der Waals surface area contributed by atoms with Gasteiger partial charge in [-0.25, -0.2) is 27.2 Å². The van der Waals surface area contributed by atoms with Crippen molar-refractivity contribution >= 4 is 61.9 Å². The van der Waals surface area contributed by atoms with Gasteiger partial charge in [-0.1, -0.05) is 24.3 Å². The summed E-state index contributed by atoms with van der Waals surface area (Å²) in [6.07, 6.45) is 2.20. The number of nitrogens with one attached hydrogen (secondary N) is 3. The number of carbonyl (C=O) groups is 2. The van der Waals surface area contributed by atoms with Crippen LogP contribution in [0.4, 0.5) is 33.6 Å². The van der Waals surface area contributed by atoms with Crippen molar-refractivity contribution in [1.82, 2.24) is 18.9 Å². The average molecular weight is 677 g/mol. The number of nitrogens with zero attached hydrogens (tertiary/aromatic N) is 4. The zero-order valence-electron chi connectivity index (χ0n) is 26.7. The first-order valence-electron chi connectivity index (χ1n) is 15.1. The molecule has 0 aliphatic rings. The molecule has 6 rings (SSSR count). The predicted octanol–water partition coefficient (Wildman–Crippen LogP) is 6.66. The Morgan fingerprint density at radius 1 is 0.837 bits per heavy atom. The molecule has 0 unspecified atom stereocenters. The van der Waals surface area contributed by atoms with Crippen molar-refractivity contribution in [3.05, 3.63) is 115 Å². The van der Waals surface area contributed by atoms with Gasteiger partial charge in [0.15, 0.2) is 5.65 Å². The van der Waals surface area contributed by atoms with Gasteiger partial charge in [0.1, 0.15) is 11.4 Å². The third-order valence-corrected chi connectivity index (χ3v) is 8.67. The van der Waals surface area contributed by atoms with Crippen LogP contribution in [0.2, 0.25) is 0 Å². The molecule has 49 heavy (non-hydrogen) atoms. The molecule has 13 nitrogen and oxygen atoms in total. The highest BCUT2D eigenvalue weighted by Gasteiger charge is 2.21. The fraction of sp³-hybridized carbons (Fsp3) is 0.114. The van der Waals surface area contributed by atoms with Crippen molar-refractivity contribution in [2.24, 2.45) is 0 Å². The van der Waals surface area contributed by atoms with Crippen LogP contribution < -0.4 is 21.7 Å². The number of pyridine rings is 1. The lowest BCUT2D eigenvalue weighted by Gasteiger charge is -2.19.